The molecule has 0 unspecified atom stereocenters. The minimum Gasteiger partial charge on any atom is -0.463 e. The van der Waals surface area contributed by atoms with Gasteiger partial charge in [0.05, 0.1) is 13.2 Å². The van der Waals surface area contributed by atoms with E-state index in [9.17, 15) is 29.4 Å². The molecule has 0 amide bonds. The Morgan fingerprint density at radius 2 is 1.29 bits per heavy atom. The second-order valence-electron chi connectivity index (χ2n) is 10.2. The number of carbonyl (C=O) groups excluding carboxylic acids is 4. The third-order valence-electron chi connectivity index (χ3n) is 6.46. The molecule has 238 valence electrons. The monoisotopic (exact) mass is 592 g/mol. The number of esters is 4. The number of aliphatic hydroxyl groups excluding tert-OH is 3. The zero-order valence-electron chi connectivity index (χ0n) is 24.7. The Morgan fingerprint density at radius 1 is 0.732 bits per heavy atom. The first-order valence-corrected chi connectivity index (χ1v) is 14.4. The molecule has 1 aliphatic rings. The van der Waals surface area contributed by atoms with Crippen LogP contribution in [0.25, 0.3) is 0 Å². The molecule has 0 aromatic carbocycles. The molecular formula is C28H48O13. The third-order valence-corrected chi connectivity index (χ3v) is 6.46. The molecule has 0 saturated carbocycles. The summed E-state index contributed by atoms with van der Waals surface area (Å²) in [5.41, 5.74) is 0. The van der Waals surface area contributed by atoms with E-state index in [1.807, 2.05) is 0 Å². The van der Waals surface area contributed by atoms with Gasteiger partial charge in [-0.3, -0.25) is 19.2 Å². The molecule has 0 radical (unpaired) electrons. The molecule has 1 fully saturated rings. The lowest BCUT2D eigenvalue weighted by Crippen LogP contribution is -2.63. The first-order chi connectivity index (χ1) is 19.5. The second-order valence-corrected chi connectivity index (χ2v) is 10.2. The molecule has 7 atom stereocenters. The Bertz CT molecular complexity index is 789. The van der Waals surface area contributed by atoms with Gasteiger partial charge in [-0.1, -0.05) is 58.3 Å². The van der Waals surface area contributed by atoms with Crippen LogP contribution in [0.15, 0.2) is 0 Å². The topological polar surface area (TPSA) is 184 Å². The van der Waals surface area contributed by atoms with Gasteiger partial charge in [0.2, 0.25) is 0 Å². The van der Waals surface area contributed by atoms with Crippen molar-refractivity contribution in [1.29, 1.82) is 0 Å². The predicted molar refractivity (Wildman–Crippen MR) is 143 cm³/mol. The molecule has 0 spiro atoms. The van der Waals surface area contributed by atoms with E-state index in [1.165, 1.54) is 25.7 Å². The Hall–Kier alpha value is -2.32. The average molecular weight is 593 g/mol. The lowest BCUT2D eigenvalue weighted by molar-refractivity contribution is -0.312. The van der Waals surface area contributed by atoms with Crippen LogP contribution < -0.4 is 0 Å². The van der Waals surface area contributed by atoms with Crippen LogP contribution in [-0.4, -0.2) is 102 Å². The SMILES string of the molecule is CCCCCCCCCCCC(=O)O[C@@H]1[C@H](OC(C)=O)[C@H](OC[C@H](O)[C@H](O)CO)O[C@H](COC(C)=O)[C@H]1OC(C)=O. The van der Waals surface area contributed by atoms with Crippen molar-refractivity contribution in [2.24, 2.45) is 0 Å². The first-order valence-electron chi connectivity index (χ1n) is 14.4. The van der Waals surface area contributed by atoms with Gasteiger partial charge in [0.1, 0.15) is 24.9 Å². The van der Waals surface area contributed by atoms with Crippen LogP contribution in [0.3, 0.4) is 0 Å². The Balaban J connectivity index is 3.03. The highest BCUT2D eigenvalue weighted by molar-refractivity contribution is 5.70. The molecule has 41 heavy (non-hydrogen) atoms. The normalized spacial score (nSPS) is 23.7. The molecule has 0 bridgehead atoms. The number of aliphatic hydroxyl groups is 3. The van der Waals surface area contributed by atoms with E-state index in [1.54, 1.807) is 0 Å². The molecule has 3 N–H and O–H groups in total. The van der Waals surface area contributed by atoms with Gasteiger partial charge in [-0.15, -0.1) is 0 Å². The number of hydrogen-bond acceptors (Lipinski definition) is 13. The summed E-state index contributed by atoms with van der Waals surface area (Å²) in [6.45, 7) is 3.83. The molecule has 1 saturated heterocycles. The summed E-state index contributed by atoms with van der Waals surface area (Å²) in [5, 5.41) is 28.8. The first kappa shape index (κ1) is 36.7. The number of ether oxygens (including phenoxy) is 6. The highest BCUT2D eigenvalue weighted by Gasteiger charge is 2.53. The van der Waals surface area contributed by atoms with Crippen LogP contribution in [-0.2, 0) is 47.6 Å². The van der Waals surface area contributed by atoms with E-state index >= 15 is 0 Å². The molecule has 1 heterocycles. The van der Waals surface area contributed by atoms with Gasteiger partial charge in [0.15, 0.2) is 24.6 Å². The van der Waals surface area contributed by atoms with Crippen molar-refractivity contribution in [2.45, 2.75) is 135 Å². The van der Waals surface area contributed by atoms with Crippen LogP contribution in [0.4, 0.5) is 0 Å². The molecule has 0 aliphatic carbocycles. The summed E-state index contributed by atoms with van der Waals surface area (Å²) in [4.78, 5) is 48.3. The zero-order valence-corrected chi connectivity index (χ0v) is 24.7. The third kappa shape index (κ3) is 14.9. The van der Waals surface area contributed by atoms with Gasteiger partial charge in [-0.25, -0.2) is 0 Å². The van der Waals surface area contributed by atoms with Crippen molar-refractivity contribution in [2.75, 3.05) is 19.8 Å². The summed E-state index contributed by atoms with van der Waals surface area (Å²) >= 11 is 0. The van der Waals surface area contributed by atoms with E-state index in [0.29, 0.717) is 6.42 Å². The summed E-state index contributed by atoms with van der Waals surface area (Å²) in [6.07, 6.45) is -0.439. The highest BCUT2D eigenvalue weighted by Crippen LogP contribution is 2.30. The van der Waals surface area contributed by atoms with Crippen molar-refractivity contribution >= 4 is 23.9 Å². The smallest absolute Gasteiger partial charge is 0.306 e. The fourth-order valence-corrected chi connectivity index (χ4v) is 4.35. The standard InChI is InChI=1S/C28H48O13/c1-5-6-7-8-9-10-11-12-13-14-24(35)41-26-25(38-19(3)31)23(17-36-18(2)30)40-28(27(26)39-20(4)32)37-16-22(34)21(33)15-29/h21-23,25-29,33-34H,5-17H2,1-4H3/t21-,22+,23-,25-,26+,27+,28-/m1/s1. The molecule has 13 nitrogen and oxygen atoms in total. The number of hydrogen-bond donors (Lipinski definition) is 3. The Labute approximate surface area is 241 Å². The minimum absolute atomic E-state index is 0.0638. The zero-order chi connectivity index (χ0) is 30.8. The quantitative estimate of drug-likeness (QED) is 0.106. The average Bonchev–Trinajstić information content (AvgIpc) is 2.91. The van der Waals surface area contributed by atoms with E-state index < -0.39 is 86.6 Å². The number of rotatable bonds is 20. The maximum absolute atomic E-state index is 12.9. The molecule has 0 aromatic heterocycles. The predicted octanol–water partition coefficient (Wildman–Crippen LogP) is 1.70. The lowest BCUT2D eigenvalue weighted by Gasteiger charge is -2.44. The maximum Gasteiger partial charge on any atom is 0.306 e. The van der Waals surface area contributed by atoms with Gasteiger partial charge in [-0.05, 0) is 6.42 Å². The number of unbranched alkanes of at least 4 members (excludes halogenated alkanes) is 8. The summed E-state index contributed by atoms with van der Waals surface area (Å²) in [6, 6.07) is 0. The largest absolute Gasteiger partial charge is 0.463 e. The van der Waals surface area contributed by atoms with E-state index in [2.05, 4.69) is 6.92 Å². The molecule has 1 rings (SSSR count). The van der Waals surface area contributed by atoms with Crippen LogP contribution >= 0.6 is 0 Å². The summed E-state index contributed by atoms with van der Waals surface area (Å²) in [7, 11) is 0. The minimum atomic E-state index is -1.53. The van der Waals surface area contributed by atoms with Gasteiger partial charge >= 0.3 is 23.9 Å². The van der Waals surface area contributed by atoms with Crippen molar-refractivity contribution in [3.8, 4) is 0 Å². The van der Waals surface area contributed by atoms with Crippen LogP contribution in [0.1, 0.15) is 91.9 Å². The number of carbonyl (C=O) groups is 4. The van der Waals surface area contributed by atoms with Crippen LogP contribution in [0.5, 0.6) is 0 Å². The lowest BCUT2D eigenvalue weighted by atomic mass is 9.98. The van der Waals surface area contributed by atoms with Gasteiger partial charge in [0, 0.05) is 27.2 Å². The molecule has 13 heteroatoms. The van der Waals surface area contributed by atoms with E-state index in [-0.39, 0.29) is 6.42 Å². The fourth-order valence-electron chi connectivity index (χ4n) is 4.35. The van der Waals surface area contributed by atoms with Crippen molar-refractivity contribution in [3.05, 3.63) is 0 Å². The highest BCUT2D eigenvalue weighted by atomic mass is 16.7. The Morgan fingerprint density at radius 3 is 1.83 bits per heavy atom. The van der Waals surface area contributed by atoms with Crippen molar-refractivity contribution in [1.82, 2.24) is 0 Å². The van der Waals surface area contributed by atoms with Gasteiger partial charge in [-0.2, -0.15) is 0 Å². The summed E-state index contributed by atoms with van der Waals surface area (Å²) < 4.78 is 32.8. The van der Waals surface area contributed by atoms with Crippen LogP contribution in [0, 0.1) is 0 Å². The summed E-state index contributed by atoms with van der Waals surface area (Å²) in [5.74, 6) is -2.83. The molecule has 0 aromatic rings. The second kappa shape index (κ2) is 20.5. The van der Waals surface area contributed by atoms with Gasteiger partial charge in [0.25, 0.3) is 0 Å². The van der Waals surface area contributed by atoms with Gasteiger partial charge < -0.3 is 43.7 Å². The van der Waals surface area contributed by atoms with Crippen molar-refractivity contribution in [3.63, 3.8) is 0 Å². The maximum atomic E-state index is 12.9. The molecule has 1 aliphatic heterocycles. The van der Waals surface area contributed by atoms with E-state index in [0.717, 1.165) is 46.5 Å². The molecular weight excluding hydrogens is 544 g/mol. The van der Waals surface area contributed by atoms with E-state index in [4.69, 9.17) is 33.5 Å². The fraction of sp³-hybridized carbons (Fsp3) is 0.857. The van der Waals surface area contributed by atoms with Crippen LogP contribution in [0.2, 0.25) is 0 Å². The van der Waals surface area contributed by atoms with Crippen molar-refractivity contribution < 1.29 is 62.9 Å². The Kier molecular flexibility index (Phi) is 18.4.